The van der Waals surface area contributed by atoms with Gasteiger partial charge in [0.1, 0.15) is 5.78 Å². The van der Waals surface area contributed by atoms with Crippen molar-refractivity contribution in [3.05, 3.63) is 48.2 Å². The molecule has 0 bridgehead atoms. The third kappa shape index (κ3) is 2.96. The molecule has 0 unspecified atom stereocenters. The first kappa shape index (κ1) is 14.5. The summed E-state index contributed by atoms with van der Waals surface area (Å²) in [4.78, 5) is 23.6. The highest BCUT2D eigenvalue weighted by molar-refractivity contribution is 7.70. The second kappa shape index (κ2) is 6.00. The zero-order valence-electron chi connectivity index (χ0n) is 10.9. The first-order chi connectivity index (χ1) is 9.50. The highest BCUT2D eigenvalue weighted by Gasteiger charge is 2.36. The predicted molar refractivity (Wildman–Crippen MR) is 74.3 cm³/mol. The van der Waals surface area contributed by atoms with Crippen LogP contribution in [-0.4, -0.2) is 24.4 Å². The van der Waals surface area contributed by atoms with Crippen molar-refractivity contribution < 1.29 is 18.0 Å². The van der Waals surface area contributed by atoms with E-state index in [1.807, 2.05) is 30.3 Å². The van der Waals surface area contributed by atoms with Gasteiger partial charge in [0, 0.05) is 18.5 Å². The van der Waals surface area contributed by atoms with Gasteiger partial charge in [-0.3, -0.25) is 4.79 Å². The number of allylic oxidation sites excluding steroid dienone is 1. The summed E-state index contributed by atoms with van der Waals surface area (Å²) >= 11 is 0. The number of benzene rings is 1. The Kier molecular flexibility index (Phi) is 4.34. The molecule has 20 heavy (non-hydrogen) atoms. The van der Waals surface area contributed by atoms with Gasteiger partial charge in [-0.05, 0) is 12.5 Å². The normalized spacial score (nSPS) is 22.3. The van der Waals surface area contributed by atoms with E-state index >= 15 is 0 Å². The van der Waals surface area contributed by atoms with E-state index in [0.29, 0.717) is 4.31 Å². The fourth-order valence-electron chi connectivity index (χ4n) is 2.38. The Hall–Kier alpha value is -1.95. The van der Waals surface area contributed by atoms with E-state index in [9.17, 15) is 18.0 Å². The minimum Gasteiger partial charge on any atom is -0.300 e. The number of hydrogen-bond donors (Lipinski definition) is 1. The van der Waals surface area contributed by atoms with Crippen molar-refractivity contribution >= 4 is 22.6 Å². The first-order valence-corrected chi connectivity index (χ1v) is 7.34. The number of thiol groups is 1. The largest absolute Gasteiger partial charge is 0.300 e. The van der Waals surface area contributed by atoms with Gasteiger partial charge in [0.25, 0.3) is 0 Å². The van der Waals surface area contributed by atoms with E-state index in [0.717, 1.165) is 5.56 Å². The number of nitrogens with zero attached hydrogens (tertiary/aromatic N) is 1. The van der Waals surface area contributed by atoms with E-state index in [2.05, 4.69) is 0 Å². The smallest absolute Gasteiger partial charge is 0.244 e. The van der Waals surface area contributed by atoms with Crippen LogP contribution in [0.3, 0.4) is 0 Å². The number of carbonyl (C=O) groups is 2. The molecular weight excluding hydrogens is 278 g/mol. The Morgan fingerprint density at radius 1 is 1.25 bits per heavy atom. The average Bonchev–Trinajstić information content (AvgIpc) is 2.41. The van der Waals surface area contributed by atoms with E-state index in [1.165, 1.54) is 13.1 Å². The van der Waals surface area contributed by atoms with Crippen LogP contribution in [0.5, 0.6) is 0 Å². The molecule has 1 aromatic rings. The lowest BCUT2D eigenvalue weighted by atomic mass is 9.81. The predicted octanol–water partition coefficient (Wildman–Crippen LogP) is 1.25. The van der Waals surface area contributed by atoms with Crippen LogP contribution in [0.15, 0.2) is 42.6 Å². The van der Waals surface area contributed by atoms with Crippen LogP contribution in [0.1, 0.15) is 24.8 Å². The quantitative estimate of drug-likeness (QED) is 0.848. The molecule has 6 heteroatoms. The highest BCUT2D eigenvalue weighted by Crippen LogP contribution is 2.33. The fourth-order valence-corrected chi connectivity index (χ4v) is 2.88. The van der Waals surface area contributed by atoms with Crippen molar-refractivity contribution in [2.45, 2.75) is 19.3 Å². The van der Waals surface area contributed by atoms with E-state index < -0.39 is 22.7 Å². The first-order valence-electron chi connectivity index (χ1n) is 6.21. The van der Waals surface area contributed by atoms with Gasteiger partial charge in [-0.1, -0.05) is 36.4 Å². The maximum absolute atomic E-state index is 12.2. The maximum Gasteiger partial charge on any atom is 0.244 e. The van der Waals surface area contributed by atoms with Gasteiger partial charge in [-0.2, -0.15) is 0 Å². The van der Waals surface area contributed by atoms with Gasteiger partial charge in [-0.25, -0.2) is 12.7 Å². The Labute approximate surface area is 119 Å². The second-order valence-electron chi connectivity index (χ2n) is 4.71. The van der Waals surface area contributed by atoms with E-state index in [1.54, 1.807) is 6.08 Å². The summed E-state index contributed by atoms with van der Waals surface area (Å²) in [7, 11) is -3.01. The minimum absolute atomic E-state index is 0.0302. The van der Waals surface area contributed by atoms with Crippen LogP contribution in [-0.2, 0) is 20.5 Å². The summed E-state index contributed by atoms with van der Waals surface area (Å²) < 4.78 is 22.8. The molecule has 1 aliphatic rings. The summed E-state index contributed by atoms with van der Waals surface area (Å²) in [5, 5.41) is 0. The summed E-state index contributed by atoms with van der Waals surface area (Å²) in [6.07, 6.45) is 2.96. The van der Waals surface area contributed by atoms with Crippen molar-refractivity contribution in [1.29, 1.82) is 0 Å². The zero-order chi connectivity index (χ0) is 14.7. The molecule has 0 spiro atoms. The minimum atomic E-state index is -3.01. The van der Waals surface area contributed by atoms with E-state index in [4.69, 9.17) is 0 Å². The van der Waals surface area contributed by atoms with Crippen LogP contribution in [0.2, 0.25) is 0 Å². The molecule has 2 rings (SSSR count). The van der Waals surface area contributed by atoms with Crippen LogP contribution in [0.25, 0.3) is 0 Å². The lowest BCUT2D eigenvalue weighted by Crippen LogP contribution is -2.38. The summed E-state index contributed by atoms with van der Waals surface area (Å²) in [5.41, 5.74) is 0.893. The lowest BCUT2D eigenvalue weighted by Gasteiger charge is -2.30. The molecule has 1 amide bonds. The van der Waals surface area contributed by atoms with Crippen molar-refractivity contribution in [2.24, 2.45) is 5.92 Å². The lowest BCUT2D eigenvalue weighted by molar-refractivity contribution is -0.132. The van der Waals surface area contributed by atoms with Crippen LogP contribution in [0.4, 0.5) is 0 Å². The zero-order valence-corrected chi connectivity index (χ0v) is 11.8. The molecule has 0 radical (unpaired) electrons. The third-order valence-corrected chi connectivity index (χ3v) is 3.96. The van der Waals surface area contributed by atoms with Crippen molar-refractivity contribution in [1.82, 2.24) is 4.31 Å². The highest BCUT2D eigenvalue weighted by atomic mass is 32.2. The summed E-state index contributed by atoms with van der Waals surface area (Å²) in [6, 6.07) is 9.28. The summed E-state index contributed by atoms with van der Waals surface area (Å²) in [6.45, 7) is 1.40. The van der Waals surface area contributed by atoms with Crippen molar-refractivity contribution in [2.75, 3.05) is 0 Å². The van der Waals surface area contributed by atoms with Gasteiger partial charge >= 0.3 is 0 Å². The Morgan fingerprint density at radius 2 is 1.90 bits per heavy atom. The van der Waals surface area contributed by atoms with Gasteiger partial charge in [0.05, 0.1) is 5.92 Å². The SMILES string of the molecule is CC(=O)C[C@@H]1C(=O)N([SH](=O)=O)C=C[C@@H]1c1ccccc1. The molecule has 0 aromatic heterocycles. The Morgan fingerprint density at radius 3 is 2.45 bits per heavy atom. The molecular formula is C14H15NO4S. The second-order valence-corrected chi connectivity index (χ2v) is 5.62. The average molecular weight is 293 g/mol. The molecule has 0 N–H and O–H groups in total. The molecule has 1 aliphatic heterocycles. The summed E-state index contributed by atoms with van der Waals surface area (Å²) in [5.74, 6) is -1.64. The van der Waals surface area contributed by atoms with Gasteiger partial charge in [0.15, 0.2) is 0 Å². The van der Waals surface area contributed by atoms with E-state index in [-0.39, 0.29) is 18.1 Å². The molecule has 2 atom stereocenters. The molecule has 0 aliphatic carbocycles. The Balaban J connectivity index is 2.41. The number of carbonyl (C=O) groups excluding carboxylic acids is 2. The monoisotopic (exact) mass is 293 g/mol. The molecule has 0 fully saturated rings. The number of hydrogen-bond acceptors (Lipinski definition) is 4. The van der Waals surface area contributed by atoms with Gasteiger partial charge in [-0.15, -0.1) is 0 Å². The molecule has 106 valence electrons. The molecule has 5 nitrogen and oxygen atoms in total. The van der Waals surface area contributed by atoms with Crippen molar-refractivity contribution in [3.63, 3.8) is 0 Å². The molecule has 1 aromatic carbocycles. The standard InChI is InChI=1S/C14H15NO4S/c1-10(16)9-13-12(11-5-3-2-4-6-11)7-8-15(14(13)17)20(18)19/h2-8,12-13,20H,9H2,1H3/t12-,13+/m1/s1. The maximum atomic E-state index is 12.2. The molecule has 1 heterocycles. The van der Waals surface area contributed by atoms with Crippen LogP contribution >= 0.6 is 0 Å². The van der Waals surface area contributed by atoms with Crippen molar-refractivity contribution in [3.8, 4) is 0 Å². The number of rotatable bonds is 4. The van der Waals surface area contributed by atoms with Crippen LogP contribution in [0, 0.1) is 5.92 Å². The molecule has 0 saturated heterocycles. The number of Topliss-reactive ketones (excluding diaryl/α,β-unsaturated/α-hetero) is 1. The third-order valence-electron chi connectivity index (χ3n) is 3.28. The fraction of sp³-hybridized carbons (Fsp3) is 0.286. The Bertz CT molecular complexity index is 613. The molecule has 0 saturated carbocycles. The van der Waals surface area contributed by atoms with Gasteiger partial charge in [0.2, 0.25) is 16.8 Å². The number of amides is 1. The van der Waals surface area contributed by atoms with Gasteiger partial charge < -0.3 is 4.79 Å². The topological polar surface area (TPSA) is 71.5 Å². The number of ketones is 1. The van der Waals surface area contributed by atoms with Crippen LogP contribution < -0.4 is 0 Å².